The predicted molar refractivity (Wildman–Crippen MR) is 131 cm³/mol. The van der Waals surface area contributed by atoms with Gasteiger partial charge in [-0.3, -0.25) is 0 Å². The monoisotopic (exact) mass is 412 g/mol. The van der Waals surface area contributed by atoms with Crippen LogP contribution in [0.5, 0.6) is 11.5 Å². The number of ether oxygens (including phenoxy) is 1. The van der Waals surface area contributed by atoms with Gasteiger partial charge in [0.25, 0.3) is 6.71 Å². The topological polar surface area (TPSA) is 36.3 Å². The second kappa shape index (κ2) is 7.04. The number of anilines is 3. The van der Waals surface area contributed by atoms with E-state index >= 15 is 0 Å². The predicted octanol–water partition coefficient (Wildman–Crippen LogP) is 4.89. The van der Waals surface area contributed by atoms with Gasteiger partial charge in [-0.05, 0) is 76.4 Å². The molecule has 0 radical (unpaired) electrons. The molecule has 0 saturated heterocycles. The van der Waals surface area contributed by atoms with E-state index in [0.717, 1.165) is 29.3 Å². The molecule has 32 heavy (non-hydrogen) atoms. The molecule has 0 spiro atoms. The van der Waals surface area contributed by atoms with Gasteiger partial charge >= 0.3 is 0 Å². The van der Waals surface area contributed by atoms with E-state index in [1.807, 2.05) is 32.0 Å². The van der Waals surface area contributed by atoms with Gasteiger partial charge in [0.2, 0.25) is 0 Å². The van der Waals surface area contributed by atoms with Gasteiger partial charge in [-0.25, -0.2) is 0 Å². The zero-order chi connectivity index (χ0) is 21.8. The fourth-order valence-corrected chi connectivity index (χ4v) is 5.44. The molecule has 3 aliphatic rings. The maximum Gasteiger partial charge on any atom is 0.257 e. The molecule has 3 heterocycles. The average molecular weight is 412 g/mol. The van der Waals surface area contributed by atoms with Crippen molar-refractivity contribution in [3.8, 4) is 17.6 Å². The molecule has 7 rings (SSSR count). The molecule has 0 bridgehead atoms. The Morgan fingerprint density at radius 1 is 0.781 bits per heavy atom. The summed E-state index contributed by atoms with van der Waals surface area (Å²) in [6, 6.07) is 29.7. The molecule has 0 saturated carbocycles. The lowest BCUT2D eigenvalue weighted by Crippen LogP contribution is -2.63. The summed E-state index contributed by atoms with van der Waals surface area (Å²) in [7, 11) is 0. The summed E-state index contributed by atoms with van der Waals surface area (Å²) in [6.45, 7) is 4.14. The van der Waals surface area contributed by atoms with Gasteiger partial charge in [-0.15, -0.1) is 0 Å². The third-order valence-electron chi connectivity index (χ3n) is 6.54. The van der Waals surface area contributed by atoms with Crippen LogP contribution in [0.2, 0.25) is 0 Å². The van der Waals surface area contributed by atoms with Crippen LogP contribution < -0.4 is 26.0 Å². The Hall–Kier alpha value is -3.97. The Morgan fingerprint density at radius 3 is 2.31 bits per heavy atom. The summed E-state index contributed by atoms with van der Waals surface area (Å²) in [5.74, 6) is 1.71. The minimum Gasteiger partial charge on any atom is -0.458 e. The lowest BCUT2D eigenvalue weighted by atomic mass is 9.31. The van der Waals surface area contributed by atoms with Crippen molar-refractivity contribution in [3.63, 3.8) is 0 Å². The van der Waals surface area contributed by atoms with E-state index in [0.29, 0.717) is 5.56 Å². The summed E-state index contributed by atoms with van der Waals surface area (Å²) in [4.78, 5) is 2.36. The zero-order valence-corrected chi connectivity index (χ0v) is 18.1. The third kappa shape index (κ3) is 2.42. The SMILES string of the molecule is CC.N#Cc1cc2c3c(c1)Oc1cccc4c1B3c1c(cccc1N4c1ccccc1)C2. The molecule has 0 aliphatic carbocycles. The highest BCUT2D eigenvalue weighted by Crippen LogP contribution is 2.42. The molecule has 3 aliphatic heterocycles. The summed E-state index contributed by atoms with van der Waals surface area (Å²) >= 11 is 0. The van der Waals surface area contributed by atoms with Crippen LogP contribution in [0.15, 0.2) is 78.9 Å². The van der Waals surface area contributed by atoms with Crippen molar-refractivity contribution in [2.45, 2.75) is 20.3 Å². The smallest absolute Gasteiger partial charge is 0.257 e. The molecule has 0 aromatic heterocycles. The number of hydrogen-bond acceptors (Lipinski definition) is 3. The van der Waals surface area contributed by atoms with Crippen molar-refractivity contribution < 1.29 is 4.74 Å². The van der Waals surface area contributed by atoms with Crippen LogP contribution in [0.3, 0.4) is 0 Å². The third-order valence-corrected chi connectivity index (χ3v) is 6.54. The molecule has 0 atom stereocenters. The first kappa shape index (κ1) is 18.8. The van der Waals surface area contributed by atoms with E-state index in [1.54, 1.807) is 0 Å². The fraction of sp³-hybridized carbons (Fsp3) is 0.107. The Morgan fingerprint density at radius 2 is 1.53 bits per heavy atom. The van der Waals surface area contributed by atoms with Crippen LogP contribution in [0.1, 0.15) is 30.5 Å². The normalized spacial score (nSPS) is 13.3. The second-order valence-corrected chi connectivity index (χ2v) is 8.08. The molecule has 4 aromatic carbocycles. The summed E-state index contributed by atoms with van der Waals surface area (Å²) in [6.07, 6.45) is 0.820. The Kier molecular flexibility index (Phi) is 4.13. The first-order valence-electron chi connectivity index (χ1n) is 11.2. The van der Waals surface area contributed by atoms with E-state index in [4.69, 9.17) is 4.74 Å². The van der Waals surface area contributed by atoms with Crippen LogP contribution in [0.25, 0.3) is 0 Å². The number of nitrogens with zero attached hydrogens (tertiary/aromatic N) is 2. The maximum atomic E-state index is 9.54. The standard InChI is InChI=1S/C26H15BN2O.C2H6/c28-15-16-12-18-14-17-6-4-9-20-24(17)27-25(18)23(13-16)30-22-11-5-10-21(26(22)27)29(20)19-7-2-1-3-8-19;1-2/h1-13H,14H2;1-2H3. The van der Waals surface area contributed by atoms with Gasteiger partial charge in [0, 0.05) is 17.1 Å². The number of hydrogen-bond donors (Lipinski definition) is 0. The maximum absolute atomic E-state index is 9.54. The molecular weight excluding hydrogens is 391 g/mol. The Balaban J connectivity index is 0.000000953. The van der Waals surface area contributed by atoms with Crippen LogP contribution in [-0.4, -0.2) is 6.71 Å². The van der Waals surface area contributed by atoms with E-state index in [1.165, 1.54) is 33.2 Å². The second-order valence-electron chi connectivity index (χ2n) is 8.08. The first-order chi connectivity index (χ1) is 15.8. The summed E-state index contributed by atoms with van der Waals surface area (Å²) in [5, 5.41) is 9.54. The minimum absolute atomic E-state index is 0.141. The minimum atomic E-state index is 0.141. The molecule has 4 aromatic rings. The molecule has 0 amide bonds. The van der Waals surface area contributed by atoms with Crippen molar-refractivity contribution in [1.82, 2.24) is 0 Å². The molecule has 4 heteroatoms. The van der Waals surface area contributed by atoms with Gasteiger partial charge in [0.15, 0.2) is 0 Å². The number of rotatable bonds is 1. The number of benzene rings is 4. The molecule has 0 fully saturated rings. The van der Waals surface area contributed by atoms with Gasteiger partial charge in [0.05, 0.1) is 11.6 Å². The highest BCUT2D eigenvalue weighted by Gasteiger charge is 2.45. The van der Waals surface area contributed by atoms with Crippen molar-refractivity contribution in [3.05, 3.63) is 95.6 Å². The van der Waals surface area contributed by atoms with E-state index < -0.39 is 0 Å². The summed E-state index contributed by atoms with van der Waals surface area (Å²) in [5.41, 5.74) is 10.5. The Labute approximate surface area is 188 Å². The zero-order valence-electron chi connectivity index (χ0n) is 18.1. The lowest BCUT2D eigenvalue weighted by Gasteiger charge is -2.43. The number of para-hydroxylation sites is 1. The van der Waals surface area contributed by atoms with E-state index in [-0.39, 0.29) is 6.71 Å². The molecule has 0 N–H and O–H groups in total. The van der Waals surface area contributed by atoms with E-state index in [9.17, 15) is 5.26 Å². The molecule has 152 valence electrons. The van der Waals surface area contributed by atoms with Crippen molar-refractivity contribution in [1.29, 1.82) is 5.26 Å². The number of nitriles is 1. The van der Waals surface area contributed by atoms with Gasteiger partial charge in [-0.1, -0.05) is 50.2 Å². The quantitative estimate of drug-likeness (QED) is 0.360. The van der Waals surface area contributed by atoms with Crippen molar-refractivity contribution in [2.75, 3.05) is 4.90 Å². The van der Waals surface area contributed by atoms with Gasteiger partial charge < -0.3 is 9.64 Å². The highest BCUT2D eigenvalue weighted by atomic mass is 16.5. The van der Waals surface area contributed by atoms with Crippen LogP contribution in [-0.2, 0) is 6.42 Å². The summed E-state index contributed by atoms with van der Waals surface area (Å²) < 4.78 is 6.40. The van der Waals surface area contributed by atoms with Crippen molar-refractivity contribution >= 4 is 40.2 Å². The first-order valence-corrected chi connectivity index (χ1v) is 11.2. The van der Waals surface area contributed by atoms with E-state index in [2.05, 4.69) is 71.6 Å². The highest BCUT2D eigenvalue weighted by molar-refractivity contribution is 7.00. The Bertz CT molecular complexity index is 1340. The van der Waals surface area contributed by atoms with Crippen LogP contribution >= 0.6 is 0 Å². The fourth-order valence-electron chi connectivity index (χ4n) is 5.44. The van der Waals surface area contributed by atoms with Gasteiger partial charge in [0.1, 0.15) is 11.5 Å². The van der Waals surface area contributed by atoms with Crippen LogP contribution in [0, 0.1) is 11.3 Å². The molecule has 3 nitrogen and oxygen atoms in total. The van der Waals surface area contributed by atoms with Crippen molar-refractivity contribution in [2.24, 2.45) is 0 Å². The molecule has 0 unspecified atom stereocenters. The lowest BCUT2D eigenvalue weighted by molar-refractivity contribution is 0.486. The largest absolute Gasteiger partial charge is 0.458 e. The van der Waals surface area contributed by atoms with Gasteiger partial charge in [-0.2, -0.15) is 5.26 Å². The molecular formula is C28H21BN2O. The average Bonchev–Trinajstić information content (AvgIpc) is 2.85. The van der Waals surface area contributed by atoms with Crippen LogP contribution in [0.4, 0.5) is 17.1 Å².